The molecule has 0 radical (unpaired) electrons. The second kappa shape index (κ2) is 4.49. The maximum Gasteiger partial charge on any atom is 0.321 e. The summed E-state index contributed by atoms with van der Waals surface area (Å²) < 4.78 is 4.98. The van der Waals surface area contributed by atoms with Crippen molar-refractivity contribution in [2.75, 3.05) is 12.8 Å². The van der Waals surface area contributed by atoms with Gasteiger partial charge in [-0.25, -0.2) is 0 Å². The molecule has 6 nitrogen and oxygen atoms in total. The molecule has 94 valence electrons. The fraction of sp³-hybridized carbons (Fsp3) is 0.0769. The highest BCUT2D eigenvalue weighted by molar-refractivity contribution is 5.82. The summed E-state index contributed by atoms with van der Waals surface area (Å²) in [6, 6.07) is 9.97. The summed E-state index contributed by atoms with van der Waals surface area (Å²) in [6.45, 7) is 0. The van der Waals surface area contributed by atoms with Gasteiger partial charge in [0.25, 0.3) is 0 Å². The molecule has 2 aromatic heterocycles. The van der Waals surface area contributed by atoms with Crippen molar-refractivity contribution in [2.45, 2.75) is 0 Å². The summed E-state index contributed by atoms with van der Waals surface area (Å²) in [5.41, 5.74) is 7.31. The normalized spacial score (nSPS) is 10.6. The molecule has 2 heterocycles. The Balaban J connectivity index is 2.15. The van der Waals surface area contributed by atoms with Crippen LogP contribution < -0.4 is 10.5 Å². The number of nitrogens with zero attached hydrogens (tertiary/aromatic N) is 4. The van der Waals surface area contributed by atoms with E-state index in [2.05, 4.69) is 19.9 Å². The number of hydrogen-bond donors (Lipinski definition) is 1. The van der Waals surface area contributed by atoms with Crippen LogP contribution in [0.4, 0.5) is 5.95 Å². The topological polar surface area (TPSA) is 86.8 Å². The van der Waals surface area contributed by atoms with Crippen LogP contribution in [0, 0.1) is 0 Å². The van der Waals surface area contributed by atoms with E-state index in [4.69, 9.17) is 10.5 Å². The quantitative estimate of drug-likeness (QED) is 0.747. The number of methoxy groups -OCH3 is 1. The van der Waals surface area contributed by atoms with E-state index in [0.29, 0.717) is 5.82 Å². The van der Waals surface area contributed by atoms with E-state index in [1.165, 1.54) is 7.11 Å². The molecule has 6 heteroatoms. The van der Waals surface area contributed by atoms with Crippen LogP contribution in [0.5, 0.6) is 6.01 Å². The second-order valence-electron chi connectivity index (χ2n) is 3.92. The third-order valence-corrected chi connectivity index (χ3v) is 2.66. The number of hydrogen-bond acceptors (Lipinski definition) is 6. The molecule has 0 aliphatic carbocycles. The van der Waals surface area contributed by atoms with Crippen molar-refractivity contribution in [3.05, 3.63) is 36.5 Å². The first-order chi connectivity index (χ1) is 9.26. The van der Waals surface area contributed by atoms with Crippen molar-refractivity contribution in [3.63, 3.8) is 0 Å². The Morgan fingerprint density at radius 3 is 2.79 bits per heavy atom. The van der Waals surface area contributed by atoms with Gasteiger partial charge >= 0.3 is 6.01 Å². The van der Waals surface area contributed by atoms with Crippen molar-refractivity contribution >= 4 is 16.9 Å². The first kappa shape index (κ1) is 11.3. The number of benzene rings is 1. The molecule has 0 fully saturated rings. The van der Waals surface area contributed by atoms with Gasteiger partial charge in [-0.2, -0.15) is 15.0 Å². The van der Waals surface area contributed by atoms with Crippen molar-refractivity contribution in [1.29, 1.82) is 0 Å². The van der Waals surface area contributed by atoms with Crippen LogP contribution in [-0.4, -0.2) is 27.0 Å². The van der Waals surface area contributed by atoms with Crippen LogP contribution in [0.3, 0.4) is 0 Å². The van der Waals surface area contributed by atoms with Crippen molar-refractivity contribution < 1.29 is 4.74 Å². The number of ether oxygens (including phenoxy) is 1. The Kier molecular flexibility index (Phi) is 2.68. The van der Waals surface area contributed by atoms with Crippen molar-refractivity contribution in [3.8, 4) is 17.4 Å². The van der Waals surface area contributed by atoms with Crippen LogP contribution in [0.2, 0.25) is 0 Å². The zero-order valence-corrected chi connectivity index (χ0v) is 10.2. The van der Waals surface area contributed by atoms with Crippen LogP contribution in [0.25, 0.3) is 22.3 Å². The van der Waals surface area contributed by atoms with E-state index in [1.807, 2.05) is 30.3 Å². The van der Waals surface area contributed by atoms with Crippen molar-refractivity contribution in [2.24, 2.45) is 0 Å². The molecule has 1 aromatic carbocycles. The summed E-state index contributed by atoms with van der Waals surface area (Å²) >= 11 is 0. The van der Waals surface area contributed by atoms with Crippen LogP contribution in [0.1, 0.15) is 0 Å². The fourth-order valence-corrected chi connectivity index (χ4v) is 1.79. The Morgan fingerprint density at radius 1 is 1.11 bits per heavy atom. The summed E-state index contributed by atoms with van der Waals surface area (Å²) in [6.07, 6.45) is 1.70. The van der Waals surface area contributed by atoms with Gasteiger partial charge in [0.05, 0.1) is 12.6 Å². The molecule has 3 aromatic rings. The van der Waals surface area contributed by atoms with Gasteiger partial charge in [0.2, 0.25) is 5.95 Å². The van der Waals surface area contributed by atoms with Crippen LogP contribution in [0.15, 0.2) is 36.5 Å². The summed E-state index contributed by atoms with van der Waals surface area (Å²) in [4.78, 5) is 16.5. The number of nitrogens with two attached hydrogens (primary N) is 1. The minimum Gasteiger partial charge on any atom is -0.467 e. The van der Waals surface area contributed by atoms with Gasteiger partial charge < -0.3 is 10.5 Å². The highest BCUT2D eigenvalue weighted by Crippen LogP contribution is 2.21. The number of aromatic nitrogens is 4. The van der Waals surface area contributed by atoms with Crippen molar-refractivity contribution in [1.82, 2.24) is 19.9 Å². The van der Waals surface area contributed by atoms with Gasteiger partial charge in [-0.15, -0.1) is 0 Å². The SMILES string of the molecule is COc1nc(N)nc(-c2cnc3ccccc3c2)n1. The molecule has 0 aliphatic heterocycles. The number of para-hydroxylation sites is 1. The molecule has 2 N–H and O–H groups in total. The van der Waals surface area contributed by atoms with Gasteiger partial charge in [-0.1, -0.05) is 18.2 Å². The number of anilines is 1. The molecule has 0 saturated heterocycles. The van der Waals surface area contributed by atoms with Gasteiger partial charge in [0.15, 0.2) is 5.82 Å². The summed E-state index contributed by atoms with van der Waals surface area (Å²) in [7, 11) is 1.48. The van der Waals surface area contributed by atoms with Gasteiger partial charge in [0.1, 0.15) is 0 Å². The number of rotatable bonds is 2. The lowest BCUT2D eigenvalue weighted by molar-refractivity contribution is 0.379. The third kappa shape index (κ3) is 2.15. The van der Waals surface area contributed by atoms with E-state index >= 15 is 0 Å². The average Bonchev–Trinajstić information content (AvgIpc) is 2.46. The predicted octanol–water partition coefficient (Wildman–Crippen LogP) is 1.68. The molecule has 0 spiro atoms. The monoisotopic (exact) mass is 253 g/mol. The fourth-order valence-electron chi connectivity index (χ4n) is 1.79. The van der Waals surface area contributed by atoms with E-state index in [1.54, 1.807) is 6.20 Å². The molecule has 19 heavy (non-hydrogen) atoms. The molecule has 0 saturated carbocycles. The molecule has 0 atom stereocenters. The van der Waals surface area contributed by atoms with E-state index < -0.39 is 0 Å². The predicted molar refractivity (Wildman–Crippen MR) is 71.5 cm³/mol. The molecule has 0 aliphatic rings. The first-order valence-corrected chi connectivity index (χ1v) is 5.67. The number of fused-ring (bicyclic) bond motifs is 1. The molecular formula is C13H11N5O. The lowest BCUT2D eigenvalue weighted by Gasteiger charge is -2.04. The lowest BCUT2D eigenvalue weighted by Crippen LogP contribution is -2.02. The van der Waals surface area contributed by atoms with Gasteiger partial charge in [-0.3, -0.25) is 4.98 Å². The van der Waals surface area contributed by atoms with Gasteiger partial charge in [-0.05, 0) is 12.1 Å². The van der Waals surface area contributed by atoms with E-state index in [0.717, 1.165) is 16.5 Å². The largest absolute Gasteiger partial charge is 0.467 e. The van der Waals surface area contributed by atoms with Gasteiger partial charge in [0, 0.05) is 17.1 Å². The lowest BCUT2D eigenvalue weighted by atomic mass is 10.1. The average molecular weight is 253 g/mol. The Morgan fingerprint density at radius 2 is 1.95 bits per heavy atom. The van der Waals surface area contributed by atoms with Crippen LogP contribution in [-0.2, 0) is 0 Å². The second-order valence-corrected chi connectivity index (χ2v) is 3.92. The standard InChI is InChI=1S/C13H11N5O/c1-19-13-17-11(16-12(14)18-13)9-6-8-4-2-3-5-10(8)15-7-9/h2-7H,1H3,(H2,14,16,17,18). The van der Waals surface area contributed by atoms with E-state index in [-0.39, 0.29) is 12.0 Å². The highest BCUT2D eigenvalue weighted by Gasteiger charge is 2.08. The smallest absolute Gasteiger partial charge is 0.321 e. The highest BCUT2D eigenvalue weighted by atomic mass is 16.5. The van der Waals surface area contributed by atoms with Crippen LogP contribution >= 0.6 is 0 Å². The maximum atomic E-state index is 5.62. The Bertz CT molecular complexity index is 744. The maximum absolute atomic E-state index is 5.62. The Labute approximate surface area is 109 Å². The minimum absolute atomic E-state index is 0.120. The summed E-state index contributed by atoms with van der Waals surface area (Å²) in [5, 5.41) is 1.01. The van der Waals surface area contributed by atoms with E-state index in [9.17, 15) is 0 Å². The molecule has 3 rings (SSSR count). The first-order valence-electron chi connectivity index (χ1n) is 5.67. The molecule has 0 amide bonds. The zero-order chi connectivity index (χ0) is 13.2. The molecule has 0 bridgehead atoms. The number of pyridine rings is 1. The Hall–Kier alpha value is -2.76. The zero-order valence-electron chi connectivity index (χ0n) is 10.2. The molecule has 0 unspecified atom stereocenters. The third-order valence-electron chi connectivity index (χ3n) is 2.66. The minimum atomic E-state index is 0.120. The molecular weight excluding hydrogens is 242 g/mol. The number of nitrogen functional groups attached to an aromatic ring is 1. The summed E-state index contributed by atoms with van der Waals surface area (Å²) in [5.74, 6) is 0.567.